The third kappa shape index (κ3) is 3.18. The zero-order chi connectivity index (χ0) is 26.5. The molecule has 3 fully saturated rings. The van der Waals surface area contributed by atoms with Crippen molar-refractivity contribution in [2.45, 2.75) is 106 Å². The van der Waals surface area contributed by atoms with Gasteiger partial charge in [0.1, 0.15) is 0 Å². The van der Waals surface area contributed by atoms with Crippen molar-refractivity contribution in [2.24, 2.45) is 38.7 Å². The molecule has 196 valence electrons. The Labute approximate surface area is 217 Å². The van der Waals surface area contributed by atoms with E-state index in [1.54, 1.807) is 0 Å². The molecule has 0 radical (unpaired) electrons. The Morgan fingerprint density at radius 2 is 1.67 bits per heavy atom. The molecule has 0 saturated heterocycles. The average molecular weight is 492 g/mol. The summed E-state index contributed by atoms with van der Waals surface area (Å²) in [5.41, 5.74) is 10.4. The Morgan fingerprint density at radius 3 is 2.31 bits per heavy atom. The number of ketones is 1. The topological polar surface area (TPSA) is 69.4 Å². The van der Waals surface area contributed by atoms with Crippen LogP contribution >= 0.6 is 0 Å². The number of primary amides is 1. The predicted molar refractivity (Wildman–Crippen MR) is 144 cm³/mol. The van der Waals surface area contributed by atoms with E-state index in [-0.39, 0.29) is 39.5 Å². The zero-order valence-corrected chi connectivity index (χ0v) is 23.6. The maximum absolute atomic E-state index is 13.3. The molecular formula is C32H45NO3. The molecule has 0 bridgehead atoms. The SMILES string of the molecule is CC1=C(OC(C)C)C(=O)C=C2C1=CC=C1[C@@]2(C)CC[C@@]2(C)[C@@H]3C[C@](C)(C(N)=O)CC[C@]3(C)CC[C@]12C. The first-order valence-electron chi connectivity index (χ1n) is 14.0. The molecule has 3 saturated carbocycles. The quantitative estimate of drug-likeness (QED) is 0.464. The van der Waals surface area contributed by atoms with Crippen LogP contribution < -0.4 is 5.73 Å². The molecule has 4 heteroatoms. The molecule has 1 amide bonds. The van der Waals surface area contributed by atoms with Crippen LogP contribution in [-0.4, -0.2) is 17.8 Å². The van der Waals surface area contributed by atoms with Gasteiger partial charge < -0.3 is 10.5 Å². The van der Waals surface area contributed by atoms with Crippen molar-refractivity contribution in [1.82, 2.24) is 0 Å². The highest BCUT2D eigenvalue weighted by atomic mass is 16.5. The van der Waals surface area contributed by atoms with Gasteiger partial charge in [0.05, 0.1) is 6.10 Å². The monoisotopic (exact) mass is 491 g/mol. The Kier molecular flexibility index (Phi) is 5.47. The molecule has 5 aliphatic rings. The van der Waals surface area contributed by atoms with Crippen LogP contribution in [0.5, 0.6) is 0 Å². The highest BCUT2D eigenvalue weighted by molar-refractivity contribution is 6.07. The molecule has 0 spiro atoms. The van der Waals surface area contributed by atoms with Crippen molar-refractivity contribution >= 4 is 11.7 Å². The van der Waals surface area contributed by atoms with Crippen LogP contribution in [0.15, 0.2) is 46.3 Å². The van der Waals surface area contributed by atoms with Gasteiger partial charge in [-0.15, -0.1) is 0 Å². The van der Waals surface area contributed by atoms with Crippen molar-refractivity contribution in [3.8, 4) is 0 Å². The lowest BCUT2D eigenvalue weighted by Gasteiger charge is -2.70. The van der Waals surface area contributed by atoms with Gasteiger partial charge in [-0.3, -0.25) is 9.59 Å². The summed E-state index contributed by atoms with van der Waals surface area (Å²) in [6.45, 7) is 17.9. The molecule has 5 aliphatic carbocycles. The number of rotatable bonds is 3. The Balaban J connectivity index is 1.61. The average Bonchev–Trinajstić information content (AvgIpc) is 2.80. The highest BCUT2D eigenvalue weighted by Crippen LogP contribution is 2.75. The van der Waals surface area contributed by atoms with Crippen LogP contribution in [0.2, 0.25) is 0 Å². The minimum Gasteiger partial charge on any atom is -0.487 e. The van der Waals surface area contributed by atoms with Gasteiger partial charge in [-0.25, -0.2) is 0 Å². The van der Waals surface area contributed by atoms with Gasteiger partial charge in [-0.05, 0) is 105 Å². The summed E-state index contributed by atoms with van der Waals surface area (Å²) in [5.74, 6) is 0.794. The van der Waals surface area contributed by atoms with Gasteiger partial charge in [0, 0.05) is 16.4 Å². The summed E-state index contributed by atoms with van der Waals surface area (Å²) in [6, 6.07) is 0. The summed E-state index contributed by atoms with van der Waals surface area (Å²) >= 11 is 0. The van der Waals surface area contributed by atoms with E-state index in [1.165, 1.54) is 17.6 Å². The van der Waals surface area contributed by atoms with Gasteiger partial charge in [-0.2, -0.15) is 0 Å². The van der Waals surface area contributed by atoms with Crippen LogP contribution in [0.1, 0.15) is 100 Å². The Bertz CT molecular complexity index is 1170. The Hall–Kier alpha value is -2.10. The molecule has 6 atom stereocenters. The van der Waals surface area contributed by atoms with Gasteiger partial charge in [0.15, 0.2) is 5.76 Å². The van der Waals surface area contributed by atoms with Crippen LogP contribution in [0.25, 0.3) is 0 Å². The lowest BCUT2D eigenvalue weighted by Crippen LogP contribution is -2.62. The smallest absolute Gasteiger partial charge is 0.223 e. The molecule has 36 heavy (non-hydrogen) atoms. The molecule has 0 aliphatic heterocycles. The second kappa shape index (κ2) is 7.71. The number of amides is 1. The van der Waals surface area contributed by atoms with Crippen LogP contribution in [0.3, 0.4) is 0 Å². The number of fused-ring (bicyclic) bond motifs is 7. The van der Waals surface area contributed by atoms with Gasteiger partial charge in [0.2, 0.25) is 11.7 Å². The fourth-order valence-electron chi connectivity index (χ4n) is 9.05. The largest absolute Gasteiger partial charge is 0.487 e. The summed E-state index contributed by atoms with van der Waals surface area (Å²) in [7, 11) is 0. The minimum atomic E-state index is -0.423. The first-order chi connectivity index (χ1) is 16.6. The summed E-state index contributed by atoms with van der Waals surface area (Å²) < 4.78 is 5.95. The van der Waals surface area contributed by atoms with Crippen LogP contribution in [-0.2, 0) is 14.3 Å². The summed E-state index contributed by atoms with van der Waals surface area (Å²) in [6.07, 6.45) is 13.7. The predicted octanol–water partition coefficient (Wildman–Crippen LogP) is 6.97. The molecule has 2 N–H and O–H groups in total. The van der Waals surface area contributed by atoms with Crippen LogP contribution in [0, 0.1) is 33.0 Å². The van der Waals surface area contributed by atoms with Crippen molar-refractivity contribution in [3.05, 3.63) is 46.3 Å². The van der Waals surface area contributed by atoms with Crippen molar-refractivity contribution in [2.75, 3.05) is 0 Å². The van der Waals surface area contributed by atoms with Gasteiger partial charge in [-0.1, -0.05) is 52.3 Å². The normalized spacial score (nSPS) is 44.0. The van der Waals surface area contributed by atoms with Crippen molar-refractivity contribution < 1.29 is 14.3 Å². The van der Waals surface area contributed by atoms with Crippen molar-refractivity contribution in [1.29, 1.82) is 0 Å². The first-order valence-corrected chi connectivity index (χ1v) is 14.0. The van der Waals surface area contributed by atoms with E-state index >= 15 is 0 Å². The minimum absolute atomic E-state index is 0.00167. The van der Waals surface area contributed by atoms with E-state index in [9.17, 15) is 9.59 Å². The third-order valence-electron chi connectivity index (χ3n) is 11.8. The van der Waals surface area contributed by atoms with E-state index in [0.29, 0.717) is 11.7 Å². The molecule has 0 heterocycles. The van der Waals surface area contributed by atoms with E-state index in [4.69, 9.17) is 10.5 Å². The maximum atomic E-state index is 13.3. The van der Waals surface area contributed by atoms with Crippen molar-refractivity contribution in [3.63, 3.8) is 0 Å². The van der Waals surface area contributed by atoms with E-state index < -0.39 is 5.41 Å². The first kappa shape index (κ1) is 25.5. The lowest BCUT2D eigenvalue weighted by molar-refractivity contribution is -0.167. The summed E-state index contributed by atoms with van der Waals surface area (Å²) in [5, 5.41) is 0. The molecule has 0 aromatic rings. The number of hydrogen-bond acceptors (Lipinski definition) is 3. The third-order valence-corrected chi connectivity index (χ3v) is 11.8. The maximum Gasteiger partial charge on any atom is 0.223 e. The van der Waals surface area contributed by atoms with E-state index in [0.717, 1.165) is 49.7 Å². The summed E-state index contributed by atoms with van der Waals surface area (Å²) in [4.78, 5) is 25.8. The fraction of sp³-hybridized carbons (Fsp3) is 0.688. The Morgan fingerprint density at radius 1 is 1.00 bits per heavy atom. The lowest BCUT2D eigenvalue weighted by atomic mass is 9.34. The highest BCUT2D eigenvalue weighted by Gasteiger charge is 2.67. The van der Waals surface area contributed by atoms with E-state index in [2.05, 4.69) is 46.8 Å². The number of nitrogens with two attached hydrogens (primary N) is 1. The second-order valence-corrected chi connectivity index (χ2v) is 14.1. The molecule has 0 aromatic carbocycles. The van der Waals surface area contributed by atoms with Gasteiger partial charge >= 0.3 is 0 Å². The number of ether oxygens (including phenoxy) is 1. The van der Waals surface area contributed by atoms with E-state index in [1.807, 2.05) is 26.8 Å². The fourth-order valence-corrected chi connectivity index (χ4v) is 9.05. The number of hydrogen-bond donors (Lipinski definition) is 1. The molecule has 0 unspecified atom stereocenters. The molecular weight excluding hydrogens is 446 g/mol. The second-order valence-electron chi connectivity index (χ2n) is 14.1. The molecule has 4 nitrogen and oxygen atoms in total. The molecule has 0 aromatic heterocycles. The number of carbonyl (C=O) groups excluding carboxylic acids is 2. The van der Waals surface area contributed by atoms with Crippen LogP contribution in [0.4, 0.5) is 0 Å². The number of carbonyl (C=O) groups is 2. The standard InChI is InChI=1S/C32H45NO3/c1-19(2)36-26-20(3)21-9-10-24-30(6,22(21)17-23(26)34)14-16-32(8)25-18-29(5,27(33)35)12-11-28(25,4)13-15-31(24,32)7/h9-10,17,19,25H,11-16,18H2,1-8H3,(H2,33,35)/t25-,28-,29-,30+,31-,32+/m1/s1. The number of allylic oxidation sites excluding steroid dienone is 7. The zero-order valence-electron chi connectivity index (χ0n) is 23.6. The van der Waals surface area contributed by atoms with Gasteiger partial charge in [0.25, 0.3) is 0 Å². The molecule has 5 rings (SSSR count).